The summed E-state index contributed by atoms with van der Waals surface area (Å²) in [5.41, 5.74) is 5.51. The first kappa shape index (κ1) is 11.3. The van der Waals surface area contributed by atoms with Crippen LogP contribution >= 0.6 is 0 Å². The monoisotopic (exact) mass is 274 g/mol. The minimum Gasteiger partial charge on any atom is -0.515 e. The highest BCUT2D eigenvalue weighted by atomic mass is 16.2. The van der Waals surface area contributed by atoms with Gasteiger partial charge in [-0.1, -0.05) is 48.5 Å². The van der Waals surface area contributed by atoms with Crippen molar-refractivity contribution >= 4 is 5.78 Å². The summed E-state index contributed by atoms with van der Waals surface area (Å²) in [5.74, 6) is 0.604. The number of Topliss-reactive ketones (excluding diaryl/α,β-unsaturated/α-hetero) is 1. The van der Waals surface area contributed by atoms with Gasteiger partial charge in [-0.25, -0.2) is 0 Å². The molecule has 4 aliphatic carbocycles. The number of carbonyl (C=O) groups is 1. The van der Waals surface area contributed by atoms with E-state index < -0.39 is 0 Å². The zero-order valence-corrected chi connectivity index (χ0v) is 11.4. The summed E-state index contributed by atoms with van der Waals surface area (Å²) < 4.78 is 0. The van der Waals surface area contributed by atoms with Crippen molar-refractivity contribution < 1.29 is 9.90 Å². The third-order valence-electron chi connectivity index (χ3n) is 5.39. The fourth-order valence-corrected chi connectivity index (χ4v) is 4.54. The highest BCUT2D eigenvalue weighted by molar-refractivity contribution is 6.05. The molecule has 2 aromatic carbocycles. The van der Waals surface area contributed by atoms with Crippen molar-refractivity contribution in [3.63, 3.8) is 0 Å². The van der Waals surface area contributed by atoms with Gasteiger partial charge in [-0.2, -0.15) is 0 Å². The summed E-state index contributed by atoms with van der Waals surface area (Å²) in [6.45, 7) is 0. The molecule has 0 spiro atoms. The van der Waals surface area contributed by atoms with E-state index in [2.05, 4.69) is 36.4 Å². The number of allylic oxidation sites excluding steroid dienone is 1. The summed E-state index contributed by atoms with van der Waals surface area (Å²) in [6, 6.07) is 16.7. The average Bonchev–Trinajstić information content (AvgIpc) is 3.29. The molecule has 1 N–H and O–H groups in total. The van der Waals surface area contributed by atoms with Crippen LogP contribution in [0.15, 0.2) is 60.4 Å². The molecule has 0 heterocycles. The average molecular weight is 274 g/mol. The lowest BCUT2D eigenvalue weighted by Crippen LogP contribution is -2.12. The SMILES string of the molecule is O=C1/C(=C/O)C2c3ccccc3C3C1C3c1ccccc12. The molecule has 1 fully saturated rings. The van der Waals surface area contributed by atoms with E-state index in [4.69, 9.17) is 0 Å². The van der Waals surface area contributed by atoms with Crippen LogP contribution in [0.4, 0.5) is 0 Å². The Morgan fingerprint density at radius 2 is 1.24 bits per heavy atom. The fourth-order valence-electron chi connectivity index (χ4n) is 4.54. The standard InChI is InChI=1S/C19H14O2/c20-9-14-15-10-5-1-3-7-12(10)16-17(18(16)19(14)21)13-8-4-2-6-11(13)15/h1-9,15-18,20H/b14-9+. The van der Waals surface area contributed by atoms with Gasteiger partial charge >= 0.3 is 0 Å². The quantitative estimate of drug-likeness (QED) is 0.588. The van der Waals surface area contributed by atoms with Crippen molar-refractivity contribution in [1.82, 2.24) is 0 Å². The van der Waals surface area contributed by atoms with Crippen LogP contribution in [-0.2, 0) is 4.79 Å². The van der Waals surface area contributed by atoms with Crippen LogP contribution < -0.4 is 0 Å². The van der Waals surface area contributed by atoms with Crippen molar-refractivity contribution in [3.05, 3.63) is 82.6 Å². The van der Waals surface area contributed by atoms with Crippen molar-refractivity contribution in [2.45, 2.75) is 17.8 Å². The van der Waals surface area contributed by atoms with Gasteiger partial charge < -0.3 is 5.11 Å². The summed E-state index contributed by atoms with van der Waals surface area (Å²) in [7, 11) is 0. The smallest absolute Gasteiger partial charge is 0.167 e. The summed E-state index contributed by atoms with van der Waals surface area (Å²) in [6.07, 6.45) is 1.05. The number of hydrogen-bond acceptors (Lipinski definition) is 2. The number of ketones is 1. The number of fused-ring (bicyclic) bond motifs is 1. The van der Waals surface area contributed by atoms with Crippen LogP contribution in [0.1, 0.15) is 40.0 Å². The number of benzene rings is 2. The van der Waals surface area contributed by atoms with Gasteiger partial charge in [0.2, 0.25) is 0 Å². The van der Waals surface area contributed by atoms with E-state index in [-0.39, 0.29) is 29.5 Å². The van der Waals surface area contributed by atoms with E-state index in [1.54, 1.807) is 0 Å². The van der Waals surface area contributed by atoms with Crippen molar-refractivity contribution in [2.24, 2.45) is 5.92 Å². The number of aliphatic hydroxyl groups excluding tert-OH is 1. The van der Waals surface area contributed by atoms with E-state index in [1.807, 2.05) is 12.1 Å². The van der Waals surface area contributed by atoms with E-state index in [9.17, 15) is 9.90 Å². The number of rotatable bonds is 0. The molecule has 1 saturated carbocycles. The van der Waals surface area contributed by atoms with Crippen LogP contribution in [0.5, 0.6) is 0 Å². The number of aliphatic hydroxyl groups is 1. The van der Waals surface area contributed by atoms with E-state index in [0.29, 0.717) is 5.57 Å². The molecule has 0 aromatic heterocycles. The highest BCUT2D eigenvalue weighted by Crippen LogP contribution is 2.69. The maximum atomic E-state index is 12.8. The minimum atomic E-state index is -0.116. The molecule has 2 unspecified atom stereocenters. The number of carbonyl (C=O) groups excluding carboxylic acids is 1. The second kappa shape index (κ2) is 3.64. The Hall–Kier alpha value is -2.35. The normalized spacial score (nSPS) is 33.1. The summed E-state index contributed by atoms with van der Waals surface area (Å²) in [5, 5.41) is 9.71. The van der Waals surface area contributed by atoms with Gasteiger partial charge in [0.15, 0.2) is 5.78 Å². The summed E-state index contributed by atoms with van der Waals surface area (Å²) >= 11 is 0. The Balaban J connectivity index is 1.93. The first-order valence-electron chi connectivity index (χ1n) is 7.39. The molecule has 6 rings (SSSR count). The Kier molecular flexibility index (Phi) is 1.96. The van der Waals surface area contributed by atoms with Gasteiger partial charge in [0.05, 0.1) is 6.26 Å². The first-order chi connectivity index (χ1) is 10.3. The molecular weight excluding hydrogens is 260 g/mol. The fraction of sp³-hybridized carbons (Fsp3) is 0.211. The topological polar surface area (TPSA) is 37.3 Å². The van der Waals surface area contributed by atoms with Crippen molar-refractivity contribution in [1.29, 1.82) is 0 Å². The van der Waals surface area contributed by atoms with Crippen LogP contribution in [0.3, 0.4) is 0 Å². The first-order valence-corrected chi connectivity index (χ1v) is 7.39. The molecule has 2 heteroatoms. The predicted octanol–water partition coefficient (Wildman–Crippen LogP) is 3.65. The van der Waals surface area contributed by atoms with Gasteiger partial charge in [-0.15, -0.1) is 0 Å². The molecular formula is C19H14O2. The predicted molar refractivity (Wildman–Crippen MR) is 79.4 cm³/mol. The van der Waals surface area contributed by atoms with Crippen molar-refractivity contribution in [2.75, 3.05) is 0 Å². The lowest BCUT2D eigenvalue weighted by Gasteiger charge is -2.19. The number of hydrogen-bond donors (Lipinski definition) is 1. The maximum absolute atomic E-state index is 12.8. The summed E-state index contributed by atoms with van der Waals surface area (Å²) in [4.78, 5) is 12.8. The molecule has 102 valence electrons. The zero-order valence-electron chi connectivity index (χ0n) is 11.4. The van der Waals surface area contributed by atoms with Crippen LogP contribution in [0, 0.1) is 5.92 Å². The lowest BCUT2D eigenvalue weighted by atomic mass is 9.83. The van der Waals surface area contributed by atoms with Gasteiger partial charge in [0.1, 0.15) is 0 Å². The van der Waals surface area contributed by atoms with Crippen LogP contribution in [0.25, 0.3) is 0 Å². The Labute approximate surface area is 122 Å². The third kappa shape index (κ3) is 1.21. The van der Waals surface area contributed by atoms with E-state index in [1.165, 1.54) is 22.3 Å². The molecule has 2 aromatic rings. The molecule has 21 heavy (non-hydrogen) atoms. The van der Waals surface area contributed by atoms with Crippen LogP contribution in [-0.4, -0.2) is 10.9 Å². The maximum Gasteiger partial charge on any atom is 0.167 e. The van der Waals surface area contributed by atoms with E-state index >= 15 is 0 Å². The van der Waals surface area contributed by atoms with Gasteiger partial charge in [0, 0.05) is 29.2 Å². The second-order valence-electron chi connectivity index (χ2n) is 6.22. The lowest BCUT2D eigenvalue weighted by molar-refractivity contribution is -0.117. The molecule has 4 bridgehead atoms. The Morgan fingerprint density at radius 1 is 0.762 bits per heavy atom. The molecule has 0 radical (unpaired) electrons. The Bertz CT molecular complexity index is 764. The third-order valence-corrected chi connectivity index (χ3v) is 5.39. The van der Waals surface area contributed by atoms with E-state index in [0.717, 1.165) is 6.26 Å². The minimum absolute atomic E-state index is 0.0122. The molecule has 2 atom stereocenters. The second-order valence-corrected chi connectivity index (χ2v) is 6.22. The molecule has 0 amide bonds. The molecule has 0 saturated heterocycles. The highest BCUT2D eigenvalue weighted by Gasteiger charge is 2.62. The molecule has 0 aliphatic heterocycles. The molecule has 4 aliphatic rings. The van der Waals surface area contributed by atoms with Crippen molar-refractivity contribution in [3.8, 4) is 0 Å². The van der Waals surface area contributed by atoms with Gasteiger partial charge in [-0.3, -0.25) is 4.79 Å². The Morgan fingerprint density at radius 3 is 1.71 bits per heavy atom. The van der Waals surface area contributed by atoms with Gasteiger partial charge in [-0.05, 0) is 22.3 Å². The molecule has 2 nitrogen and oxygen atoms in total. The van der Waals surface area contributed by atoms with Gasteiger partial charge in [0.25, 0.3) is 0 Å². The largest absolute Gasteiger partial charge is 0.515 e. The zero-order chi connectivity index (χ0) is 14.1. The van der Waals surface area contributed by atoms with Crippen LogP contribution in [0.2, 0.25) is 0 Å².